The first-order valence-electron chi connectivity index (χ1n) is 6.96. The van der Waals surface area contributed by atoms with Crippen molar-refractivity contribution < 1.29 is 0 Å². The number of hydrogen-bond acceptors (Lipinski definition) is 1. The topological polar surface area (TPSA) is 0 Å². The van der Waals surface area contributed by atoms with E-state index in [9.17, 15) is 0 Å². The minimum absolute atomic E-state index is 1.04. The summed E-state index contributed by atoms with van der Waals surface area (Å²) in [5.74, 6) is 3.87. The van der Waals surface area contributed by atoms with E-state index in [4.69, 9.17) is 0 Å². The smallest absolute Gasteiger partial charge is 0.00597 e. The van der Waals surface area contributed by atoms with Crippen molar-refractivity contribution in [2.45, 2.75) is 66.2 Å². The summed E-state index contributed by atoms with van der Waals surface area (Å²) in [6.07, 6.45) is 10.7. The molecule has 2 aliphatic rings. The van der Waals surface area contributed by atoms with E-state index in [0.29, 0.717) is 0 Å². The van der Waals surface area contributed by atoms with Crippen molar-refractivity contribution in [3.8, 4) is 0 Å². The van der Waals surface area contributed by atoms with Gasteiger partial charge < -0.3 is 0 Å². The lowest BCUT2D eigenvalue weighted by Crippen LogP contribution is -1.99. The predicted octanol–water partition coefficient (Wildman–Crippen LogP) is 5.93. The summed E-state index contributed by atoms with van der Waals surface area (Å²) in [5.41, 5.74) is 0. The van der Waals surface area contributed by atoms with Crippen LogP contribution in [0.2, 0.25) is 0 Å². The lowest BCUT2D eigenvalue weighted by Gasteiger charge is -2.15. The largest absolute Gasteiger partial charge is 0.162 e. The number of thioether (sulfide) groups is 1. The average molecular weight is 244 g/mol. The zero-order chi connectivity index (χ0) is 12.6. The van der Waals surface area contributed by atoms with Crippen molar-refractivity contribution in [2.24, 2.45) is 5.92 Å². The van der Waals surface area contributed by atoms with Gasteiger partial charge in [-0.05, 0) is 30.8 Å². The molecule has 1 heteroatoms. The molecule has 0 aromatic rings. The summed E-state index contributed by atoms with van der Waals surface area (Å²) in [4.78, 5) is 0. The predicted molar refractivity (Wildman–Crippen MR) is 81.4 cm³/mol. The second-order valence-corrected chi connectivity index (χ2v) is 5.34. The normalized spacial score (nSPS) is 18.2. The summed E-state index contributed by atoms with van der Waals surface area (Å²) >= 11 is 2.04. The van der Waals surface area contributed by atoms with Crippen LogP contribution in [0.15, 0.2) is 12.7 Å². The first-order chi connectivity index (χ1) is 7.81. The zero-order valence-corrected chi connectivity index (χ0v) is 12.7. The Kier molecular flexibility index (Phi) is 20.2. The molecule has 0 nitrogen and oxygen atoms in total. The van der Waals surface area contributed by atoms with Gasteiger partial charge in [-0.25, -0.2) is 0 Å². The van der Waals surface area contributed by atoms with Gasteiger partial charge in [-0.2, -0.15) is 11.8 Å². The van der Waals surface area contributed by atoms with Crippen molar-refractivity contribution >= 4 is 11.8 Å². The summed E-state index contributed by atoms with van der Waals surface area (Å²) in [5, 5.41) is 0. The maximum Gasteiger partial charge on any atom is -0.00597 e. The van der Waals surface area contributed by atoms with Gasteiger partial charge in [0.25, 0.3) is 0 Å². The molecule has 2 fully saturated rings. The Labute approximate surface area is 108 Å². The molecule has 1 saturated carbocycles. The molecule has 0 N–H and O–H groups in total. The van der Waals surface area contributed by atoms with Crippen molar-refractivity contribution in [3.05, 3.63) is 12.7 Å². The molecule has 0 unspecified atom stereocenters. The maximum absolute atomic E-state index is 3.36. The monoisotopic (exact) mass is 244 g/mol. The molecule has 2 rings (SSSR count). The number of allylic oxidation sites excluding steroid dienone is 1. The Morgan fingerprint density at radius 3 is 1.44 bits per heavy atom. The van der Waals surface area contributed by atoms with Gasteiger partial charge >= 0.3 is 0 Å². The van der Waals surface area contributed by atoms with Crippen LogP contribution in [0, 0.1) is 5.92 Å². The van der Waals surface area contributed by atoms with Crippen LogP contribution >= 0.6 is 11.8 Å². The molecule has 1 saturated heterocycles. The highest BCUT2D eigenvalue weighted by Gasteiger charge is 2.05. The fourth-order valence-electron chi connectivity index (χ4n) is 1.45. The van der Waals surface area contributed by atoms with Crippen LogP contribution < -0.4 is 0 Å². The molecule has 0 bridgehead atoms. The number of hydrogen-bond donors (Lipinski definition) is 0. The van der Waals surface area contributed by atoms with Crippen LogP contribution in [0.1, 0.15) is 66.2 Å². The van der Waals surface area contributed by atoms with Crippen molar-refractivity contribution in [3.63, 3.8) is 0 Å². The summed E-state index contributed by atoms with van der Waals surface area (Å²) in [6.45, 7) is 11.6. The van der Waals surface area contributed by atoms with Gasteiger partial charge in [0.15, 0.2) is 0 Å². The highest BCUT2D eigenvalue weighted by atomic mass is 32.2. The molecule has 16 heavy (non-hydrogen) atoms. The van der Waals surface area contributed by atoms with E-state index in [0.717, 1.165) is 5.92 Å². The van der Waals surface area contributed by atoms with Crippen LogP contribution in [0.4, 0.5) is 0 Å². The molecule has 0 amide bonds. The first-order valence-corrected chi connectivity index (χ1v) is 8.11. The third-order valence-corrected chi connectivity index (χ3v) is 3.63. The van der Waals surface area contributed by atoms with E-state index >= 15 is 0 Å². The third kappa shape index (κ3) is 16.5. The van der Waals surface area contributed by atoms with Crippen molar-refractivity contribution in [1.82, 2.24) is 0 Å². The molecular weight excluding hydrogens is 212 g/mol. The van der Waals surface area contributed by atoms with E-state index in [1.54, 1.807) is 6.08 Å². The van der Waals surface area contributed by atoms with Gasteiger partial charge in [-0.15, -0.1) is 6.58 Å². The summed E-state index contributed by atoms with van der Waals surface area (Å²) in [7, 11) is 0. The Morgan fingerprint density at radius 2 is 1.31 bits per heavy atom. The molecule has 98 valence electrons. The molecule has 0 aromatic carbocycles. The van der Waals surface area contributed by atoms with E-state index in [1.165, 1.54) is 50.0 Å². The van der Waals surface area contributed by atoms with E-state index in [1.807, 2.05) is 32.5 Å². The molecule has 1 aliphatic heterocycles. The van der Waals surface area contributed by atoms with Gasteiger partial charge in [-0.3, -0.25) is 0 Å². The molecule has 0 radical (unpaired) electrons. The van der Waals surface area contributed by atoms with Gasteiger partial charge in [0.1, 0.15) is 0 Å². The zero-order valence-electron chi connectivity index (χ0n) is 11.9. The Bertz CT molecular complexity index is 107. The highest BCUT2D eigenvalue weighted by molar-refractivity contribution is 8.00. The van der Waals surface area contributed by atoms with E-state index in [-0.39, 0.29) is 0 Å². The SMILES string of the molecule is C1CSC1.C=CC.CC.CC1CCCCC1. The first kappa shape index (κ1) is 18.5. The second-order valence-electron chi connectivity index (χ2n) is 4.12. The Balaban J connectivity index is 0. The van der Waals surface area contributed by atoms with Crippen molar-refractivity contribution in [1.29, 1.82) is 0 Å². The average Bonchev–Trinajstić information content (AvgIpc) is 2.20. The highest BCUT2D eigenvalue weighted by Crippen LogP contribution is 2.22. The maximum atomic E-state index is 3.36. The Hall–Kier alpha value is 0.0900. The van der Waals surface area contributed by atoms with Gasteiger partial charge in [-0.1, -0.05) is 59.0 Å². The van der Waals surface area contributed by atoms with Crippen LogP contribution in [0.25, 0.3) is 0 Å². The summed E-state index contributed by atoms with van der Waals surface area (Å²) in [6, 6.07) is 0. The van der Waals surface area contributed by atoms with Crippen LogP contribution in [0.3, 0.4) is 0 Å². The van der Waals surface area contributed by atoms with Crippen LogP contribution in [-0.4, -0.2) is 11.5 Å². The van der Waals surface area contributed by atoms with Crippen molar-refractivity contribution in [2.75, 3.05) is 11.5 Å². The standard InChI is InChI=1S/C7H14.C3H6S.C3H6.C2H6/c1-7-5-3-2-4-6-7;1-2-4-3-1;1-3-2;1-2/h7H,2-6H2,1H3;1-3H2;3H,1H2,2H3;1-2H3. The fourth-order valence-corrected chi connectivity index (χ4v) is 1.74. The molecule has 0 spiro atoms. The second kappa shape index (κ2) is 17.5. The van der Waals surface area contributed by atoms with Crippen LogP contribution in [0.5, 0.6) is 0 Å². The van der Waals surface area contributed by atoms with E-state index in [2.05, 4.69) is 13.5 Å². The van der Waals surface area contributed by atoms with Gasteiger partial charge in [0, 0.05) is 0 Å². The Morgan fingerprint density at radius 1 is 1.00 bits per heavy atom. The summed E-state index contributed by atoms with van der Waals surface area (Å²) < 4.78 is 0. The van der Waals surface area contributed by atoms with Gasteiger partial charge in [0.2, 0.25) is 0 Å². The lowest BCUT2D eigenvalue weighted by molar-refractivity contribution is 0.385. The minimum atomic E-state index is 1.04. The lowest BCUT2D eigenvalue weighted by atomic mass is 9.91. The molecule has 1 aliphatic carbocycles. The molecule has 0 aromatic heterocycles. The third-order valence-electron chi connectivity index (χ3n) is 2.47. The van der Waals surface area contributed by atoms with Gasteiger partial charge in [0.05, 0.1) is 0 Å². The molecule has 1 heterocycles. The van der Waals surface area contributed by atoms with Crippen LogP contribution in [-0.2, 0) is 0 Å². The fraction of sp³-hybridized carbons (Fsp3) is 0.867. The quantitative estimate of drug-likeness (QED) is 0.476. The molecular formula is C15H32S. The number of rotatable bonds is 0. The molecule has 0 atom stereocenters. The minimum Gasteiger partial charge on any atom is -0.162 e. The van der Waals surface area contributed by atoms with E-state index < -0.39 is 0 Å².